The number of hydrogen-bond donors (Lipinski definition) is 2. The Kier molecular flexibility index (Phi) is 3.10. The van der Waals surface area contributed by atoms with Crippen LogP contribution in [0, 0.1) is 19.8 Å². The van der Waals surface area contributed by atoms with E-state index in [9.17, 15) is 0 Å². The van der Waals surface area contributed by atoms with E-state index in [1.54, 1.807) is 0 Å². The van der Waals surface area contributed by atoms with E-state index in [0.29, 0.717) is 0 Å². The van der Waals surface area contributed by atoms with Gasteiger partial charge in [0.15, 0.2) is 0 Å². The maximum absolute atomic E-state index is 4.20. The fraction of sp³-hybridized carbons (Fsp3) is 0.750. The molecule has 0 radical (unpaired) electrons. The molecule has 2 unspecified atom stereocenters. The van der Waals surface area contributed by atoms with Crippen molar-refractivity contribution in [2.24, 2.45) is 5.92 Å². The Morgan fingerprint density at radius 2 is 2.27 bits per heavy atom. The van der Waals surface area contributed by atoms with Crippen LogP contribution in [0.3, 0.4) is 0 Å². The normalized spacial score (nSPS) is 24.5. The molecule has 3 nitrogen and oxygen atoms in total. The zero-order valence-electron chi connectivity index (χ0n) is 9.93. The molecule has 2 atom stereocenters. The van der Waals surface area contributed by atoms with Gasteiger partial charge in [-0.05, 0) is 32.6 Å². The Balaban J connectivity index is 1.80. The van der Waals surface area contributed by atoms with Crippen LogP contribution < -0.4 is 5.32 Å². The average molecular weight is 207 g/mol. The molecule has 2 rings (SSSR count). The van der Waals surface area contributed by atoms with Crippen molar-refractivity contribution in [1.82, 2.24) is 15.5 Å². The molecule has 1 aromatic heterocycles. The minimum Gasteiger partial charge on any atom is -0.309 e. The van der Waals surface area contributed by atoms with Crippen molar-refractivity contribution in [3.05, 3.63) is 17.0 Å². The highest BCUT2D eigenvalue weighted by Gasteiger charge is 2.35. The molecule has 84 valence electrons. The number of nitrogens with zero attached hydrogens (tertiary/aromatic N) is 1. The lowest BCUT2D eigenvalue weighted by Crippen LogP contribution is -2.18. The van der Waals surface area contributed by atoms with Crippen LogP contribution in [0.2, 0.25) is 0 Å². The van der Waals surface area contributed by atoms with Crippen LogP contribution >= 0.6 is 0 Å². The molecule has 0 aliphatic heterocycles. The third kappa shape index (κ3) is 2.40. The van der Waals surface area contributed by atoms with Gasteiger partial charge in [0.1, 0.15) is 0 Å². The molecule has 1 aromatic rings. The molecule has 1 saturated carbocycles. The van der Waals surface area contributed by atoms with Crippen LogP contribution in [0.5, 0.6) is 0 Å². The summed E-state index contributed by atoms with van der Waals surface area (Å²) in [5.74, 6) is 0.933. The number of aromatic nitrogens is 2. The van der Waals surface area contributed by atoms with Gasteiger partial charge in [0, 0.05) is 23.8 Å². The summed E-state index contributed by atoms with van der Waals surface area (Å²) < 4.78 is 0. The fourth-order valence-corrected chi connectivity index (χ4v) is 2.26. The topological polar surface area (TPSA) is 40.7 Å². The van der Waals surface area contributed by atoms with Gasteiger partial charge >= 0.3 is 0 Å². The van der Waals surface area contributed by atoms with Crippen molar-refractivity contribution in [1.29, 1.82) is 0 Å². The van der Waals surface area contributed by atoms with Gasteiger partial charge in [0.05, 0.1) is 5.69 Å². The predicted octanol–water partition coefficient (Wildman–Crippen LogP) is 2.30. The van der Waals surface area contributed by atoms with E-state index in [1.165, 1.54) is 30.5 Å². The molecule has 1 aliphatic carbocycles. The first kappa shape index (κ1) is 10.7. The lowest BCUT2D eigenvalue weighted by atomic mass is 10.2. The van der Waals surface area contributed by atoms with Crippen LogP contribution in [-0.2, 0) is 6.54 Å². The van der Waals surface area contributed by atoms with E-state index in [-0.39, 0.29) is 0 Å². The van der Waals surface area contributed by atoms with E-state index in [1.807, 2.05) is 0 Å². The third-order valence-electron chi connectivity index (χ3n) is 3.40. The van der Waals surface area contributed by atoms with Gasteiger partial charge in [0.2, 0.25) is 0 Å². The summed E-state index contributed by atoms with van der Waals surface area (Å²) in [5.41, 5.74) is 3.68. The molecule has 1 aliphatic rings. The first-order valence-corrected chi connectivity index (χ1v) is 5.96. The van der Waals surface area contributed by atoms with Crippen molar-refractivity contribution in [3.8, 4) is 0 Å². The molecule has 0 amide bonds. The van der Waals surface area contributed by atoms with Gasteiger partial charge in [-0.1, -0.05) is 13.3 Å². The Hall–Kier alpha value is -0.830. The first-order valence-electron chi connectivity index (χ1n) is 5.96. The number of aryl methyl sites for hydroxylation is 2. The van der Waals surface area contributed by atoms with Gasteiger partial charge in [0.25, 0.3) is 0 Å². The fourth-order valence-electron chi connectivity index (χ4n) is 2.26. The summed E-state index contributed by atoms with van der Waals surface area (Å²) in [6, 6.07) is 0.763. The number of rotatable bonds is 5. The summed E-state index contributed by atoms with van der Waals surface area (Å²) in [6.07, 6.45) is 4.05. The number of H-pyrrole nitrogens is 1. The lowest BCUT2D eigenvalue weighted by Gasteiger charge is -2.04. The minimum atomic E-state index is 0.763. The van der Waals surface area contributed by atoms with E-state index < -0.39 is 0 Å². The molecule has 0 bridgehead atoms. The summed E-state index contributed by atoms with van der Waals surface area (Å²) in [5, 5.41) is 10.8. The van der Waals surface area contributed by atoms with Gasteiger partial charge in [-0.2, -0.15) is 5.10 Å². The molecule has 1 fully saturated rings. The third-order valence-corrected chi connectivity index (χ3v) is 3.40. The molecular weight excluding hydrogens is 186 g/mol. The van der Waals surface area contributed by atoms with Crippen LogP contribution in [-0.4, -0.2) is 16.2 Å². The van der Waals surface area contributed by atoms with Crippen molar-refractivity contribution >= 4 is 0 Å². The smallest absolute Gasteiger partial charge is 0.0638 e. The van der Waals surface area contributed by atoms with Crippen molar-refractivity contribution in [3.63, 3.8) is 0 Å². The van der Waals surface area contributed by atoms with E-state index in [0.717, 1.165) is 24.2 Å². The second kappa shape index (κ2) is 4.35. The number of hydrogen-bond acceptors (Lipinski definition) is 2. The second-order valence-corrected chi connectivity index (χ2v) is 4.68. The molecule has 0 spiro atoms. The molecular formula is C12H21N3. The number of nitrogens with one attached hydrogen (secondary N) is 2. The highest BCUT2D eigenvalue weighted by Crippen LogP contribution is 2.34. The summed E-state index contributed by atoms with van der Waals surface area (Å²) in [6.45, 7) is 7.39. The highest BCUT2D eigenvalue weighted by molar-refractivity contribution is 5.23. The van der Waals surface area contributed by atoms with Crippen molar-refractivity contribution in [2.45, 2.75) is 52.6 Å². The molecule has 1 heterocycles. The Morgan fingerprint density at radius 1 is 1.47 bits per heavy atom. The van der Waals surface area contributed by atoms with Crippen LogP contribution in [0.1, 0.15) is 43.1 Å². The molecule has 0 saturated heterocycles. The van der Waals surface area contributed by atoms with Crippen LogP contribution in [0.4, 0.5) is 0 Å². The monoisotopic (exact) mass is 207 g/mol. The molecule has 2 N–H and O–H groups in total. The largest absolute Gasteiger partial charge is 0.309 e. The van der Waals surface area contributed by atoms with Crippen molar-refractivity contribution in [2.75, 3.05) is 0 Å². The van der Waals surface area contributed by atoms with Crippen LogP contribution in [0.25, 0.3) is 0 Å². The van der Waals surface area contributed by atoms with E-state index in [4.69, 9.17) is 0 Å². The second-order valence-electron chi connectivity index (χ2n) is 4.68. The predicted molar refractivity (Wildman–Crippen MR) is 61.7 cm³/mol. The molecule has 0 aromatic carbocycles. The highest BCUT2D eigenvalue weighted by atomic mass is 15.1. The minimum absolute atomic E-state index is 0.763. The zero-order valence-corrected chi connectivity index (χ0v) is 9.93. The standard InChI is InChI=1S/C12H21N3/c1-4-5-10-6-12(10)13-7-11-8(2)14-15-9(11)3/h10,12-13H,4-7H2,1-3H3,(H,14,15). The number of aromatic amines is 1. The SMILES string of the molecule is CCCC1CC1NCc1c(C)n[nH]c1C. The maximum atomic E-state index is 4.20. The van der Waals surface area contributed by atoms with E-state index >= 15 is 0 Å². The van der Waals surface area contributed by atoms with Gasteiger partial charge < -0.3 is 5.32 Å². The van der Waals surface area contributed by atoms with Gasteiger partial charge in [-0.15, -0.1) is 0 Å². The Labute approximate surface area is 91.7 Å². The molecule has 3 heteroatoms. The summed E-state index contributed by atoms with van der Waals surface area (Å²) >= 11 is 0. The Morgan fingerprint density at radius 3 is 2.87 bits per heavy atom. The lowest BCUT2D eigenvalue weighted by molar-refractivity contribution is 0.597. The zero-order chi connectivity index (χ0) is 10.8. The van der Waals surface area contributed by atoms with Gasteiger partial charge in [-0.25, -0.2) is 0 Å². The van der Waals surface area contributed by atoms with Gasteiger partial charge in [-0.3, -0.25) is 5.10 Å². The van der Waals surface area contributed by atoms with E-state index in [2.05, 4.69) is 36.3 Å². The maximum Gasteiger partial charge on any atom is 0.0638 e. The summed E-state index contributed by atoms with van der Waals surface area (Å²) in [7, 11) is 0. The van der Waals surface area contributed by atoms with Crippen LogP contribution in [0.15, 0.2) is 0 Å². The molecule has 15 heavy (non-hydrogen) atoms. The first-order chi connectivity index (χ1) is 7.22. The average Bonchev–Trinajstić information content (AvgIpc) is 2.87. The quantitative estimate of drug-likeness (QED) is 0.778. The van der Waals surface area contributed by atoms with Crippen molar-refractivity contribution < 1.29 is 0 Å². The summed E-state index contributed by atoms with van der Waals surface area (Å²) in [4.78, 5) is 0. The Bertz CT molecular complexity index is 310.